The smallest absolute Gasteiger partial charge is 0.268 e. The Morgan fingerprint density at radius 3 is 2.59 bits per heavy atom. The lowest BCUT2D eigenvalue weighted by Crippen LogP contribution is -2.27. The summed E-state index contributed by atoms with van der Waals surface area (Å²) >= 11 is 4.11. The van der Waals surface area contributed by atoms with Crippen molar-refractivity contribution in [1.29, 1.82) is 0 Å². The Morgan fingerprint density at radius 2 is 1.78 bits per heavy atom. The fraction of sp³-hybridized carbons (Fsp3) is 0.0476. The Hall–Kier alpha value is -2.44. The van der Waals surface area contributed by atoms with E-state index in [0.717, 1.165) is 28.1 Å². The van der Waals surface area contributed by atoms with Crippen molar-refractivity contribution < 1.29 is 14.0 Å². The van der Waals surface area contributed by atoms with Gasteiger partial charge in [0.1, 0.15) is 5.82 Å². The van der Waals surface area contributed by atoms with E-state index in [0.29, 0.717) is 4.47 Å². The molecule has 1 fully saturated rings. The average Bonchev–Trinajstić information content (AvgIpc) is 2.92. The van der Waals surface area contributed by atoms with Crippen LogP contribution in [0.25, 0.3) is 16.8 Å². The Labute approximate surface area is 168 Å². The topological polar surface area (TPSA) is 37.4 Å². The first kappa shape index (κ1) is 17.9. The number of hydrogen-bond donors (Lipinski definition) is 0. The van der Waals surface area contributed by atoms with Crippen molar-refractivity contribution in [3.8, 4) is 0 Å². The van der Waals surface area contributed by atoms with Crippen molar-refractivity contribution in [3.05, 3.63) is 87.0 Å². The zero-order chi connectivity index (χ0) is 19.0. The summed E-state index contributed by atoms with van der Waals surface area (Å²) in [6.07, 6.45) is 1.42. The summed E-state index contributed by atoms with van der Waals surface area (Å²) in [6.45, 7) is 0.188. The van der Waals surface area contributed by atoms with Crippen molar-refractivity contribution in [1.82, 2.24) is 4.90 Å². The second-order valence-electron chi connectivity index (χ2n) is 6.12. The summed E-state index contributed by atoms with van der Waals surface area (Å²) < 4.78 is 14.7. The lowest BCUT2D eigenvalue weighted by molar-refractivity contribution is -0.123. The van der Waals surface area contributed by atoms with Crippen LogP contribution in [0.4, 0.5) is 9.18 Å². The van der Waals surface area contributed by atoms with Gasteiger partial charge in [0.05, 0.1) is 11.4 Å². The highest BCUT2D eigenvalue weighted by molar-refractivity contribution is 9.10. The van der Waals surface area contributed by atoms with Gasteiger partial charge >= 0.3 is 0 Å². The third kappa shape index (κ3) is 3.68. The van der Waals surface area contributed by atoms with Gasteiger partial charge in [-0.15, -0.1) is 0 Å². The molecule has 0 spiro atoms. The lowest BCUT2D eigenvalue weighted by atomic mass is 10.1. The number of carbonyl (C=O) groups is 2. The maximum absolute atomic E-state index is 14.0. The molecule has 0 atom stereocenters. The summed E-state index contributed by atoms with van der Waals surface area (Å²) in [5.41, 5.74) is 1.13. The van der Waals surface area contributed by atoms with Crippen LogP contribution in [0.3, 0.4) is 0 Å². The van der Waals surface area contributed by atoms with Gasteiger partial charge in [-0.05, 0) is 58.4 Å². The Morgan fingerprint density at radius 1 is 1.00 bits per heavy atom. The summed E-state index contributed by atoms with van der Waals surface area (Å²) in [6, 6.07) is 18.2. The van der Waals surface area contributed by atoms with Crippen LogP contribution in [0.5, 0.6) is 0 Å². The molecule has 3 aromatic rings. The van der Waals surface area contributed by atoms with E-state index in [-0.39, 0.29) is 22.3 Å². The molecule has 0 saturated carbocycles. The van der Waals surface area contributed by atoms with E-state index in [4.69, 9.17) is 0 Å². The highest BCUT2D eigenvalue weighted by Gasteiger charge is 2.35. The maximum Gasteiger partial charge on any atom is 0.293 e. The number of imide groups is 1. The Balaban J connectivity index is 1.60. The van der Waals surface area contributed by atoms with Crippen LogP contribution in [0.15, 0.2) is 70.0 Å². The number of rotatable bonds is 3. The first-order valence-corrected chi connectivity index (χ1v) is 9.80. The van der Waals surface area contributed by atoms with Crippen molar-refractivity contribution in [3.63, 3.8) is 0 Å². The van der Waals surface area contributed by atoms with Gasteiger partial charge in [0.25, 0.3) is 11.1 Å². The lowest BCUT2D eigenvalue weighted by Gasteiger charge is -2.13. The molecule has 4 rings (SSSR count). The quantitative estimate of drug-likeness (QED) is 0.469. The van der Waals surface area contributed by atoms with Crippen LogP contribution in [0.1, 0.15) is 11.1 Å². The summed E-state index contributed by atoms with van der Waals surface area (Å²) in [4.78, 5) is 26.4. The first-order valence-electron chi connectivity index (χ1n) is 8.19. The number of fused-ring (bicyclic) bond motifs is 1. The summed E-state index contributed by atoms with van der Waals surface area (Å²) in [7, 11) is 0. The normalized spacial score (nSPS) is 15.9. The van der Waals surface area contributed by atoms with Crippen LogP contribution in [-0.4, -0.2) is 16.0 Å². The molecule has 0 bridgehead atoms. The Bertz CT molecular complexity index is 1110. The van der Waals surface area contributed by atoms with Gasteiger partial charge in [-0.1, -0.05) is 52.3 Å². The molecule has 0 unspecified atom stereocenters. The van der Waals surface area contributed by atoms with Crippen LogP contribution in [-0.2, 0) is 11.3 Å². The SMILES string of the molecule is O=C1S/C(=C\c2cc(Br)ccc2F)C(=O)N1Cc1ccc2ccccc2c1. The van der Waals surface area contributed by atoms with Crippen LogP contribution in [0.2, 0.25) is 0 Å². The van der Waals surface area contributed by atoms with E-state index in [9.17, 15) is 14.0 Å². The molecule has 3 nitrogen and oxygen atoms in total. The van der Waals surface area contributed by atoms with Gasteiger partial charge in [-0.2, -0.15) is 0 Å². The number of benzene rings is 3. The second-order valence-corrected chi connectivity index (χ2v) is 8.02. The largest absolute Gasteiger partial charge is 0.293 e. The highest BCUT2D eigenvalue weighted by Crippen LogP contribution is 2.34. The molecule has 134 valence electrons. The van der Waals surface area contributed by atoms with Crippen LogP contribution in [0, 0.1) is 5.82 Å². The van der Waals surface area contributed by atoms with Gasteiger partial charge in [0.2, 0.25) is 0 Å². The zero-order valence-electron chi connectivity index (χ0n) is 14.0. The van der Waals surface area contributed by atoms with Gasteiger partial charge in [0, 0.05) is 10.0 Å². The number of halogens is 2. The summed E-state index contributed by atoms with van der Waals surface area (Å²) in [5.74, 6) is -0.850. The van der Waals surface area contributed by atoms with E-state index in [1.165, 1.54) is 17.0 Å². The third-order valence-electron chi connectivity index (χ3n) is 4.27. The van der Waals surface area contributed by atoms with E-state index >= 15 is 0 Å². The van der Waals surface area contributed by atoms with E-state index in [2.05, 4.69) is 15.9 Å². The molecule has 3 aromatic carbocycles. The number of hydrogen-bond acceptors (Lipinski definition) is 3. The number of nitrogens with zero attached hydrogens (tertiary/aromatic N) is 1. The van der Waals surface area contributed by atoms with E-state index < -0.39 is 11.7 Å². The van der Waals surface area contributed by atoms with Crippen molar-refractivity contribution in [2.75, 3.05) is 0 Å². The van der Waals surface area contributed by atoms with Gasteiger partial charge in [-0.25, -0.2) is 4.39 Å². The molecular weight excluding hydrogens is 429 g/mol. The molecule has 0 aliphatic carbocycles. The summed E-state index contributed by atoms with van der Waals surface area (Å²) in [5, 5.41) is 1.80. The molecular formula is C21H13BrFNO2S. The van der Waals surface area contributed by atoms with Gasteiger partial charge in [-0.3, -0.25) is 14.5 Å². The predicted molar refractivity (Wildman–Crippen MR) is 110 cm³/mol. The van der Waals surface area contributed by atoms with Crippen LogP contribution >= 0.6 is 27.7 Å². The molecule has 27 heavy (non-hydrogen) atoms. The van der Waals surface area contributed by atoms with Crippen molar-refractivity contribution >= 4 is 55.7 Å². The molecule has 1 heterocycles. The first-order chi connectivity index (χ1) is 13.0. The van der Waals surface area contributed by atoms with E-state index in [1.54, 1.807) is 12.1 Å². The number of thioether (sulfide) groups is 1. The highest BCUT2D eigenvalue weighted by atomic mass is 79.9. The molecule has 1 aliphatic rings. The second kappa shape index (κ2) is 7.29. The van der Waals surface area contributed by atoms with Crippen molar-refractivity contribution in [2.45, 2.75) is 6.54 Å². The fourth-order valence-electron chi connectivity index (χ4n) is 2.92. The maximum atomic E-state index is 14.0. The Kier molecular flexibility index (Phi) is 4.85. The molecule has 0 radical (unpaired) electrons. The minimum Gasteiger partial charge on any atom is -0.268 e. The van der Waals surface area contributed by atoms with Gasteiger partial charge < -0.3 is 0 Å². The minimum atomic E-state index is -0.445. The van der Waals surface area contributed by atoms with E-state index in [1.807, 2.05) is 42.5 Å². The zero-order valence-corrected chi connectivity index (χ0v) is 16.4. The van der Waals surface area contributed by atoms with Crippen LogP contribution < -0.4 is 0 Å². The molecule has 2 amide bonds. The number of amides is 2. The minimum absolute atomic E-state index is 0.188. The fourth-order valence-corrected chi connectivity index (χ4v) is 4.13. The molecule has 0 aromatic heterocycles. The molecule has 1 saturated heterocycles. The van der Waals surface area contributed by atoms with Gasteiger partial charge in [0.15, 0.2) is 0 Å². The molecule has 0 N–H and O–H groups in total. The monoisotopic (exact) mass is 441 g/mol. The third-order valence-corrected chi connectivity index (χ3v) is 5.67. The average molecular weight is 442 g/mol. The molecule has 1 aliphatic heterocycles. The standard InChI is InChI=1S/C21H13BrFNO2S/c22-17-7-8-18(23)16(10-17)11-19-20(25)24(21(26)27-19)12-13-5-6-14-3-1-2-4-15(14)9-13/h1-11H,12H2/b19-11-. The number of carbonyl (C=O) groups excluding carboxylic acids is 2. The van der Waals surface area contributed by atoms with Crippen molar-refractivity contribution in [2.24, 2.45) is 0 Å². The predicted octanol–water partition coefficient (Wildman–Crippen LogP) is 5.98. The molecule has 6 heteroatoms.